The molecule has 1 unspecified atom stereocenters. The third-order valence-electron chi connectivity index (χ3n) is 2.49. The molecule has 8 heteroatoms. The minimum Gasteiger partial charge on any atom is -0.480 e. The molecule has 1 aromatic rings. The van der Waals surface area contributed by atoms with Gasteiger partial charge in [-0.05, 0) is 24.0 Å². The Morgan fingerprint density at radius 3 is 2.32 bits per heavy atom. The quantitative estimate of drug-likeness (QED) is 0.890. The number of nitrogens with one attached hydrogen (secondary N) is 1. The van der Waals surface area contributed by atoms with Gasteiger partial charge in [-0.2, -0.15) is 4.72 Å². The number of carboxylic acid groups (broad SMARTS) is 1. The third-order valence-corrected chi connectivity index (χ3v) is 5.94. The first kappa shape index (κ1) is 16.4. The fourth-order valence-electron chi connectivity index (χ4n) is 1.38. The van der Waals surface area contributed by atoms with E-state index in [2.05, 4.69) is 4.72 Å². The molecule has 108 valence electrons. The van der Waals surface area contributed by atoms with E-state index in [0.717, 1.165) is 11.3 Å². The molecule has 0 aromatic carbocycles. The van der Waals surface area contributed by atoms with Crippen molar-refractivity contribution in [3.63, 3.8) is 0 Å². The topological polar surface area (TPSA) is 83.5 Å². The van der Waals surface area contributed by atoms with Crippen LogP contribution in [0.5, 0.6) is 0 Å². The van der Waals surface area contributed by atoms with Crippen LogP contribution in [0.2, 0.25) is 4.34 Å². The summed E-state index contributed by atoms with van der Waals surface area (Å²) in [6.45, 7) is 6.65. The van der Waals surface area contributed by atoms with Gasteiger partial charge in [0, 0.05) is 0 Å². The molecule has 1 aromatic heterocycles. The van der Waals surface area contributed by atoms with Gasteiger partial charge >= 0.3 is 5.97 Å². The summed E-state index contributed by atoms with van der Waals surface area (Å²) >= 11 is 6.74. The van der Waals surface area contributed by atoms with Crippen LogP contribution in [-0.2, 0) is 14.8 Å². The fraction of sp³-hybridized carbons (Fsp3) is 0.545. The van der Waals surface area contributed by atoms with Gasteiger partial charge in [0.25, 0.3) is 10.0 Å². The number of halogens is 1. The monoisotopic (exact) mass is 325 g/mol. The van der Waals surface area contributed by atoms with Crippen molar-refractivity contribution in [1.29, 1.82) is 0 Å². The summed E-state index contributed by atoms with van der Waals surface area (Å²) in [5.74, 6) is -1.21. The maximum Gasteiger partial charge on any atom is 0.322 e. The molecule has 0 saturated carbocycles. The first-order chi connectivity index (χ1) is 8.45. The summed E-state index contributed by atoms with van der Waals surface area (Å²) in [6, 6.07) is 0.218. The highest BCUT2D eigenvalue weighted by atomic mass is 35.5. The van der Waals surface area contributed by atoms with Crippen molar-refractivity contribution >= 4 is 38.9 Å². The van der Waals surface area contributed by atoms with E-state index in [4.69, 9.17) is 16.7 Å². The molecular formula is C11H16ClNO4S2. The summed E-state index contributed by atoms with van der Waals surface area (Å²) in [5, 5.41) is 9.13. The Morgan fingerprint density at radius 1 is 1.47 bits per heavy atom. The van der Waals surface area contributed by atoms with Crippen molar-refractivity contribution in [3.05, 3.63) is 16.0 Å². The van der Waals surface area contributed by atoms with E-state index in [9.17, 15) is 13.2 Å². The van der Waals surface area contributed by atoms with Crippen molar-refractivity contribution in [2.45, 2.75) is 37.9 Å². The van der Waals surface area contributed by atoms with Crippen molar-refractivity contribution in [2.75, 3.05) is 0 Å². The summed E-state index contributed by atoms with van der Waals surface area (Å²) in [7, 11) is -3.89. The third kappa shape index (κ3) is 3.92. The van der Waals surface area contributed by atoms with Gasteiger partial charge in [-0.1, -0.05) is 32.4 Å². The molecule has 1 rings (SSSR count). The second kappa shape index (κ2) is 5.40. The van der Waals surface area contributed by atoms with Gasteiger partial charge in [0.15, 0.2) is 0 Å². The average molecular weight is 326 g/mol. The molecule has 0 aliphatic heterocycles. The van der Waals surface area contributed by atoms with Crippen LogP contribution in [0.15, 0.2) is 10.3 Å². The van der Waals surface area contributed by atoms with Crippen LogP contribution in [0, 0.1) is 12.3 Å². The van der Waals surface area contributed by atoms with Gasteiger partial charge in [-0.15, -0.1) is 11.3 Å². The zero-order valence-electron chi connectivity index (χ0n) is 11.0. The zero-order chi connectivity index (χ0) is 15.0. The fourth-order valence-corrected chi connectivity index (χ4v) is 4.49. The lowest BCUT2D eigenvalue weighted by Crippen LogP contribution is -2.48. The number of carboxylic acids is 1. The van der Waals surface area contributed by atoms with E-state index >= 15 is 0 Å². The van der Waals surface area contributed by atoms with E-state index in [1.54, 1.807) is 27.7 Å². The number of aliphatic carboxylic acids is 1. The summed E-state index contributed by atoms with van der Waals surface area (Å²) < 4.78 is 26.9. The van der Waals surface area contributed by atoms with Crippen LogP contribution >= 0.6 is 22.9 Å². The van der Waals surface area contributed by atoms with Gasteiger partial charge in [0.05, 0.1) is 4.34 Å². The van der Waals surface area contributed by atoms with Gasteiger partial charge in [-0.3, -0.25) is 4.79 Å². The number of hydrogen-bond donors (Lipinski definition) is 2. The standard InChI is InChI=1S/C11H16ClNO4S2/c1-6-5-7(18-9(6)12)19(16,17)13-8(10(14)15)11(2,3)4/h5,8,13H,1-4H3,(H,14,15). The van der Waals surface area contributed by atoms with Crippen LogP contribution in [0.1, 0.15) is 26.3 Å². The maximum absolute atomic E-state index is 12.1. The minimum atomic E-state index is -3.89. The molecule has 2 N–H and O–H groups in total. The second-order valence-corrected chi connectivity index (χ2v) is 8.88. The van der Waals surface area contributed by atoms with Crippen LogP contribution in [-0.4, -0.2) is 25.5 Å². The Bertz CT molecular complexity index is 567. The predicted octanol–water partition coefficient (Wildman–Crippen LogP) is 2.49. The molecule has 0 bridgehead atoms. The molecule has 0 radical (unpaired) electrons. The zero-order valence-corrected chi connectivity index (χ0v) is 13.4. The molecule has 1 atom stereocenters. The largest absolute Gasteiger partial charge is 0.480 e. The first-order valence-corrected chi connectivity index (χ1v) is 8.14. The number of hydrogen-bond acceptors (Lipinski definition) is 4. The van der Waals surface area contributed by atoms with Gasteiger partial charge in [-0.25, -0.2) is 8.42 Å². The molecule has 0 fully saturated rings. The highest BCUT2D eigenvalue weighted by Crippen LogP contribution is 2.31. The lowest BCUT2D eigenvalue weighted by atomic mass is 9.88. The van der Waals surface area contributed by atoms with E-state index in [-0.39, 0.29) is 4.21 Å². The van der Waals surface area contributed by atoms with Gasteiger partial charge < -0.3 is 5.11 Å². The Balaban J connectivity index is 3.11. The van der Waals surface area contributed by atoms with E-state index in [0.29, 0.717) is 9.90 Å². The Morgan fingerprint density at radius 2 is 2.00 bits per heavy atom. The molecule has 1 heterocycles. The van der Waals surface area contributed by atoms with Crippen molar-refractivity contribution < 1.29 is 18.3 Å². The SMILES string of the molecule is Cc1cc(S(=O)(=O)NC(C(=O)O)C(C)(C)C)sc1Cl. The second-order valence-electron chi connectivity index (χ2n) is 5.28. The van der Waals surface area contributed by atoms with E-state index in [1.807, 2.05) is 0 Å². The van der Waals surface area contributed by atoms with Gasteiger partial charge in [0.2, 0.25) is 0 Å². The Labute approximate surface area is 121 Å². The minimum absolute atomic E-state index is 0.0190. The molecule has 0 saturated heterocycles. The maximum atomic E-state index is 12.1. The molecule has 0 amide bonds. The highest BCUT2D eigenvalue weighted by molar-refractivity contribution is 7.91. The van der Waals surface area contributed by atoms with Crippen molar-refractivity contribution in [1.82, 2.24) is 4.72 Å². The molecule has 0 spiro atoms. The van der Waals surface area contributed by atoms with Crippen LogP contribution in [0.4, 0.5) is 0 Å². The number of sulfonamides is 1. The highest BCUT2D eigenvalue weighted by Gasteiger charge is 2.35. The molecule has 0 aliphatic rings. The van der Waals surface area contributed by atoms with E-state index < -0.39 is 27.4 Å². The smallest absolute Gasteiger partial charge is 0.322 e. The summed E-state index contributed by atoms with van der Waals surface area (Å²) in [6.07, 6.45) is 0. The first-order valence-electron chi connectivity index (χ1n) is 5.46. The lowest BCUT2D eigenvalue weighted by Gasteiger charge is -2.27. The Kier molecular flexibility index (Phi) is 4.66. The number of rotatable bonds is 4. The Hall–Kier alpha value is -0.630. The molecular weight excluding hydrogens is 310 g/mol. The van der Waals surface area contributed by atoms with Crippen molar-refractivity contribution in [2.24, 2.45) is 5.41 Å². The van der Waals surface area contributed by atoms with Crippen LogP contribution < -0.4 is 4.72 Å². The number of thiophene rings is 1. The molecule has 0 aliphatic carbocycles. The van der Waals surface area contributed by atoms with Crippen molar-refractivity contribution in [3.8, 4) is 0 Å². The van der Waals surface area contributed by atoms with E-state index in [1.165, 1.54) is 6.07 Å². The normalized spacial score (nSPS) is 14.4. The summed E-state index contributed by atoms with van der Waals surface area (Å²) in [4.78, 5) is 11.2. The van der Waals surface area contributed by atoms with Crippen LogP contribution in [0.25, 0.3) is 0 Å². The van der Waals surface area contributed by atoms with Crippen LogP contribution in [0.3, 0.4) is 0 Å². The van der Waals surface area contributed by atoms with Gasteiger partial charge in [0.1, 0.15) is 10.3 Å². The predicted molar refractivity (Wildman–Crippen MR) is 75.3 cm³/mol. The average Bonchev–Trinajstić information content (AvgIpc) is 2.55. The molecule has 5 nitrogen and oxygen atoms in total. The lowest BCUT2D eigenvalue weighted by molar-refractivity contribution is -0.141. The number of aryl methyl sites for hydroxylation is 1. The summed E-state index contributed by atoms with van der Waals surface area (Å²) in [5.41, 5.74) is -0.0932. The molecule has 19 heavy (non-hydrogen) atoms. The number of carbonyl (C=O) groups is 1.